The van der Waals surface area contributed by atoms with Crippen LogP contribution in [0.5, 0.6) is 0 Å². The Morgan fingerprint density at radius 3 is 1.50 bits per heavy atom. The van der Waals surface area contributed by atoms with Crippen LogP contribution < -0.4 is 5.73 Å². The van der Waals surface area contributed by atoms with E-state index in [9.17, 15) is 14.3 Å². The van der Waals surface area contributed by atoms with E-state index >= 15 is 0 Å². The first-order chi connectivity index (χ1) is 24.4. The Balaban J connectivity index is 4.09. The van der Waals surface area contributed by atoms with E-state index in [1.165, 1.54) is 148 Å². The Hall–Kier alpha value is -1.18. The molecule has 1 unspecified atom stereocenters. The number of carbonyl (C=O) groups excluding carboxylic acids is 1. The van der Waals surface area contributed by atoms with Gasteiger partial charge < -0.3 is 20.1 Å². The summed E-state index contributed by atoms with van der Waals surface area (Å²) >= 11 is 0. The molecule has 0 aliphatic rings. The lowest BCUT2D eigenvalue weighted by atomic mass is 10.0. The number of carbonyl (C=O) groups is 1. The zero-order chi connectivity index (χ0) is 36.6. The van der Waals surface area contributed by atoms with E-state index in [4.69, 9.17) is 24.3 Å². The molecule has 0 heterocycles. The van der Waals surface area contributed by atoms with Gasteiger partial charge in [0, 0.05) is 13.0 Å². The average molecular weight is 730 g/mol. The third-order valence-electron chi connectivity index (χ3n) is 8.94. The molecule has 9 heteroatoms. The van der Waals surface area contributed by atoms with Gasteiger partial charge in [-0.15, -0.1) is 0 Å². The fourth-order valence-electron chi connectivity index (χ4n) is 5.84. The van der Waals surface area contributed by atoms with E-state index in [2.05, 4.69) is 26.0 Å². The summed E-state index contributed by atoms with van der Waals surface area (Å²) in [5.41, 5.74) is 5.36. The summed E-state index contributed by atoms with van der Waals surface area (Å²) in [7, 11) is -4.29. The van der Waals surface area contributed by atoms with Gasteiger partial charge in [0.05, 0.1) is 19.5 Å². The van der Waals surface area contributed by atoms with Crippen molar-refractivity contribution in [2.45, 2.75) is 206 Å². The first kappa shape index (κ1) is 48.8. The predicted molar refractivity (Wildman–Crippen MR) is 210 cm³/mol. The minimum atomic E-state index is -4.29. The molecular weight excluding hydrogens is 649 g/mol. The summed E-state index contributed by atoms with van der Waals surface area (Å²) in [6, 6.07) is 0. The minimum Gasteiger partial charge on any atom is -0.498 e. The van der Waals surface area contributed by atoms with Crippen LogP contribution in [-0.2, 0) is 27.9 Å². The fraction of sp³-hybridized carbons (Fsp3) is 0.878. The molecule has 8 nitrogen and oxygen atoms in total. The van der Waals surface area contributed by atoms with Crippen LogP contribution in [0.3, 0.4) is 0 Å². The van der Waals surface area contributed by atoms with Gasteiger partial charge >= 0.3 is 13.8 Å². The number of esters is 1. The molecule has 50 heavy (non-hydrogen) atoms. The summed E-state index contributed by atoms with van der Waals surface area (Å²) in [6.45, 7) is 4.24. The molecule has 0 amide bonds. The highest BCUT2D eigenvalue weighted by atomic mass is 31.2. The van der Waals surface area contributed by atoms with Gasteiger partial charge in [-0.05, 0) is 51.0 Å². The van der Waals surface area contributed by atoms with Crippen LogP contribution in [-0.4, -0.2) is 43.3 Å². The normalized spacial score (nSPS) is 13.7. The molecule has 3 N–H and O–H groups in total. The highest BCUT2D eigenvalue weighted by Gasteiger charge is 2.25. The summed E-state index contributed by atoms with van der Waals surface area (Å²) in [5.74, 6) is -0.352. The van der Waals surface area contributed by atoms with Gasteiger partial charge in [-0.25, -0.2) is 4.57 Å². The van der Waals surface area contributed by atoms with Crippen molar-refractivity contribution in [3.63, 3.8) is 0 Å². The monoisotopic (exact) mass is 730 g/mol. The standard InChI is InChI=1S/C41H80NO7P/c1-3-5-7-9-11-13-15-17-19-21-23-25-27-29-31-33-36-46-38-40(39-48-50(44,45)47-37-35-42)49-41(43)34-32-30-28-26-24-22-20-18-16-14-12-10-8-6-4-2/h13,15,33,36,40H,3-12,14,16-32,34-35,37-39,42H2,1-2H3,(H,44,45)/t40-/m1/s1. The largest absolute Gasteiger partial charge is 0.498 e. The second kappa shape index (κ2) is 39.0. The SMILES string of the molecule is CCCCCCC=CCCCCCCCCC=COC[C@H](COP(=O)(O)OCCN)OC(=O)CCCCCCCCCCCCCCCCC. The van der Waals surface area contributed by atoms with Crippen molar-refractivity contribution in [1.82, 2.24) is 0 Å². The number of ether oxygens (including phenoxy) is 2. The molecule has 0 saturated heterocycles. The van der Waals surface area contributed by atoms with E-state index in [0.29, 0.717) is 6.42 Å². The van der Waals surface area contributed by atoms with Gasteiger partial charge in [-0.1, -0.05) is 161 Å². The van der Waals surface area contributed by atoms with Gasteiger partial charge in [0.15, 0.2) is 6.10 Å². The van der Waals surface area contributed by atoms with Crippen molar-refractivity contribution < 1.29 is 32.8 Å². The van der Waals surface area contributed by atoms with Crippen LogP contribution >= 0.6 is 7.82 Å². The average Bonchev–Trinajstić information content (AvgIpc) is 3.10. The second-order valence-corrected chi connectivity index (χ2v) is 15.4. The van der Waals surface area contributed by atoms with E-state index < -0.39 is 13.9 Å². The van der Waals surface area contributed by atoms with Crippen molar-refractivity contribution in [2.75, 3.05) is 26.4 Å². The lowest BCUT2D eigenvalue weighted by molar-refractivity contribution is -0.153. The number of rotatable bonds is 40. The van der Waals surface area contributed by atoms with Crippen molar-refractivity contribution in [3.8, 4) is 0 Å². The second-order valence-electron chi connectivity index (χ2n) is 13.9. The Labute approximate surface area is 308 Å². The van der Waals surface area contributed by atoms with Gasteiger partial charge in [-0.3, -0.25) is 13.8 Å². The van der Waals surface area contributed by atoms with Crippen LogP contribution in [0, 0.1) is 0 Å². The Kier molecular flexibility index (Phi) is 38.1. The zero-order valence-electron chi connectivity index (χ0n) is 32.6. The van der Waals surface area contributed by atoms with Crippen LogP contribution in [0.1, 0.15) is 200 Å². The van der Waals surface area contributed by atoms with E-state index in [1.54, 1.807) is 6.26 Å². The minimum absolute atomic E-state index is 0.0329. The number of nitrogens with two attached hydrogens (primary N) is 1. The lowest BCUT2D eigenvalue weighted by Crippen LogP contribution is -2.27. The molecule has 2 atom stereocenters. The maximum absolute atomic E-state index is 12.5. The van der Waals surface area contributed by atoms with Gasteiger partial charge in [-0.2, -0.15) is 0 Å². The molecule has 0 aliphatic carbocycles. The molecule has 0 aromatic carbocycles. The summed E-state index contributed by atoms with van der Waals surface area (Å²) in [6.07, 6.45) is 42.8. The maximum Gasteiger partial charge on any atom is 0.472 e. The van der Waals surface area contributed by atoms with Crippen molar-refractivity contribution >= 4 is 13.8 Å². The third kappa shape index (κ3) is 38.1. The summed E-state index contributed by atoms with van der Waals surface area (Å²) in [4.78, 5) is 22.4. The van der Waals surface area contributed by atoms with Crippen molar-refractivity contribution in [1.29, 1.82) is 0 Å². The highest BCUT2D eigenvalue weighted by molar-refractivity contribution is 7.47. The summed E-state index contributed by atoms with van der Waals surface area (Å²) in [5, 5.41) is 0. The highest BCUT2D eigenvalue weighted by Crippen LogP contribution is 2.43. The molecule has 0 rings (SSSR count). The molecule has 0 aromatic rings. The number of hydrogen-bond acceptors (Lipinski definition) is 7. The Morgan fingerprint density at radius 1 is 0.600 bits per heavy atom. The molecule has 0 spiro atoms. The Bertz CT molecular complexity index is 823. The van der Waals surface area contributed by atoms with Crippen LogP contribution in [0.15, 0.2) is 24.5 Å². The van der Waals surface area contributed by atoms with Crippen LogP contribution in [0.2, 0.25) is 0 Å². The molecule has 0 aliphatic heterocycles. The number of unbranched alkanes of at least 4 members (excludes halogenated alkanes) is 25. The zero-order valence-corrected chi connectivity index (χ0v) is 33.5. The van der Waals surface area contributed by atoms with E-state index in [1.807, 2.05) is 6.08 Å². The van der Waals surface area contributed by atoms with Crippen molar-refractivity contribution in [2.24, 2.45) is 5.73 Å². The van der Waals surface area contributed by atoms with E-state index in [0.717, 1.165) is 32.1 Å². The van der Waals surface area contributed by atoms with Crippen molar-refractivity contribution in [3.05, 3.63) is 24.5 Å². The topological polar surface area (TPSA) is 117 Å². The number of allylic oxidation sites excluding steroid dienone is 3. The van der Waals surface area contributed by atoms with Crippen LogP contribution in [0.25, 0.3) is 0 Å². The molecular formula is C41H80NO7P. The molecule has 0 aromatic heterocycles. The predicted octanol–water partition coefficient (Wildman–Crippen LogP) is 12.4. The molecule has 0 saturated carbocycles. The Morgan fingerprint density at radius 2 is 1.02 bits per heavy atom. The number of hydrogen-bond donors (Lipinski definition) is 2. The maximum atomic E-state index is 12.5. The third-order valence-corrected chi connectivity index (χ3v) is 9.92. The first-order valence-electron chi connectivity index (χ1n) is 20.9. The molecule has 0 fully saturated rings. The quantitative estimate of drug-likeness (QED) is 0.0210. The number of phosphoric acid groups is 1. The van der Waals surface area contributed by atoms with Gasteiger partial charge in [0.25, 0.3) is 0 Å². The molecule has 296 valence electrons. The summed E-state index contributed by atoms with van der Waals surface area (Å²) < 4.78 is 33.1. The van der Waals surface area contributed by atoms with Crippen LogP contribution in [0.4, 0.5) is 0 Å². The van der Waals surface area contributed by atoms with Gasteiger partial charge in [0.2, 0.25) is 0 Å². The number of phosphoric ester groups is 1. The molecule has 0 radical (unpaired) electrons. The smallest absolute Gasteiger partial charge is 0.472 e. The first-order valence-corrected chi connectivity index (χ1v) is 22.4. The van der Waals surface area contributed by atoms with Gasteiger partial charge in [0.1, 0.15) is 6.61 Å². The van der Waals surface area contributed by atoms with E-state index in [-0.39, 0.29) is 32.3 Å². The lowest BCUT2D eigenvalue weighted by Gasteiger charge is -2.19. The fourth-order valence-corrected chi connectivity index (χ4v) is 6.60. The molecule has 0 bridgehead atoms.